The number of carbonyl (C=O) groups is 2. The summed E-state index contributed by atoms with van der Waals surface area (Å²) in [5.41, 5.74) is -0.501. The highest BCUT2D eigenvalue weighted by Gasteiger charge is 2.50. The standard InChI is InChI=1S/C20H15ClF2N4O2/c1-20(14-7-6-12(22)10-15(14)21)18(28)26(19(29)24-20)11-13-8-9-27(25-13)17-5-3-2-4-16(17)23/h2-10H,11H2,1H3,(H,24,29). The molecule has 0 bridgehead atoms. The molecule has 2 heterocycles. The van der Waals surface area contributed by atoms with Gasteiger partial charge in [-0.1, -0.05) is 29.8 Å². The van der Waals surface area contributed by atoms with Gasteiger partial charge in [0.15, 0.2) is 0 Å². The van der Waals surface area contributed by atoms with Gasteiger partial charge in [0, 0.05) is 16.8 Å². The van der Waals surface area contributed by atoms with E-state index in [9.17, 15) is 18.4 Å². The molecular formula is C20H15ClF2N4O2. The lowest BCUT2D eigenvalue weighted by molar-refractivity contribution is -0.131. The molecule has 29 heavy (non-hydrogen) atoms. The van der Waals surface area contributed by atoms with E-state index in [-0.39, 0.29) is 17.3 Å². The van der Waals surface area contributed by atoms with E-state index in [1.54, 1.807) is 30.5 Å². The summed E-state index contributed by atoms with van der Waals surface area (Å²) in [5.74, 6) is -1.54. The van der Waals surface area contributed by atoms with Crippen LogP contribution in [-0.2, 0) is 16.9 Å². The van der Waals surface area contributed by atoms with Gasteiger partial charge in [-0.3, -0.25) is 9.69 Å². The first-order valence-electron chi connectivity index (χ1n) is 8.68. The number of nitrogens with zero attached hydrogens (tertiary/aromatic N) is 3. The lowest BCUT2D eigenvalue weighted by atomic mass is 9.92. The summed E-state index contributed by atoms with van der Waals surface area (Å²) >= 11 is 6.09. The number of carbonyl (C=O) groups excluding carboxylic acids is 2. The summed E-state index contributed by atoms with van der Waals surface area (Å²) in [6.07, 6.45) is 1.54. The molecule has 3 aromatic rings. The second-order valence-corrected chi connectivity index (χ2v) is 7.18. The number of hydrogen-bond acceptors (Lipinski definition) is 3. The Morgan fingerprint density at radius 2 is 1.90 bits per heavy atom. The van der Waals surface area contributed by atoms with Crippen molar-refractivity contribution in [3.8, 4) is 5.69 Å². The fraction of sp³-hybridized carbons (Fsp3) is 0.150. The number of amides is 3. The first kappa shape index (κ1) is 19.1. The molecule has 3 amide bonds. The van der Waals surface area contributed by atoms with Crippen LogP contribution in [0.1, 0.15) is 18.2 Å². The van der Waals surface area contributed by atoms with Crippen molar-refractivity contribution in [1.82, 2.24) is 20.0 Å². The normalized spacial score (nSPS) is 19.0. The zero-order valence-corrected chi connectivity index (χ0v) is 16.0. The summed E-state index contributed by atoms with van der Waals surface area (Å²) in [5, 5.41) is 6.90. The van der Waals surface area contributed by atoms with Crippen LogP contribution >= 0.6 is 11.6 Å². The van der Waals surface area contributed by atoms with Crippen molar-refractivity contribution in [1.29, 1.82) is 0 Å². The maximum absolute atomic E-state index is 13.9. The maximum atomic E-state index is 13.9. The van der Waals surface area contributed by atoms with Crippen molar-refractivity contribution in [2.75, 3.05) is 0 Å². The number of urea groups is 1. The molecule has 1 atom stereocenters. The fourth-order valence-electron chi connectivity index (χ4n) is 3.30. The van der Waals surface area contributed by atoms with E-state index in [1.165, 1.54) is 29.8 Å². The summed E-state index contributed by atoms with van der Waals surface area (Å²) in [6.45, 7) is 1.39. The Hall–Kier alpha value is -3.26. The lowest BCUT2D eigenvalue weighted by Gasteiger charge is -2.23. The number of imide groups is 1. The highest BCUT2D eigenvalue weighted by atomic mass is 35.5. The average molecular weight is 417 g/mol. The molecule has 1 N–H and O–H groups in total. The van der Waals surface area contributed by atoms with E-state index in [1.807, 2.05) is 0 Å². The molecule has 1 aliphatic heterocycles. The average Bonchev–Trinajstić information content (AvgIpc) is 3.21. The second kappa shape index (κ2) is 6.97. The smallest absolute Gasteiger partial charge is 0.319 e. The molecule has 1 aromatic heterocycles. The van der Waals surface area contributed by atoms with Gasteiger partial charge in [0.05, 0.1) is 12.2 Å². The molecule has 148 valence electrons. The van der Waals surface area contributed by atoms with Crippen LogP contribution in [0.2, 0.25) is 5.02 Å². The van der Waals surface area contributed by atoms with E-state index >= 15 is 0 Å². The first-order valence-corrected chi connectivity index (χ1v) is 9.06. The first-order chi connectivity index (χ1) is 13.8. The van der Waals surface area contributed by atoms with Crippen molar-refractivity contribution >= 4 is 23.5 Å². The zero-order chi connectivity index (χ0) is 20.8. The minimum Gasteiger partial charge on any atom is -0.319 e. The van der Waals surface area contributed by atoms with Crippen LogP contribution in [0, 0.1) is 11.6 Å². The van der Waals surface area contributed by atoms with E-state index in [4.69, 9.17) is 11.6 Å². The van der Waals surface area contributed by atoms with Crippen molar-refractivity contribution in [2.45, 2.75) is 19.0 Å². The van der Waals surface area contributed by atoms with Crippen molar-refractivity contribution in [3.63, 3.8) is 0 Å². The third kappa shape index (κ3) is 3.25. The number of aromatic nitrogens is 2. The van der Waals surface area contributed by atoms with Gasteiger partial charge in [-0.05, 0) is 37.3 Å². The Labute approximate surface area is 169 Å². The van der Waals surface area contributed by atoms with Crippen molar-refractivity contribution in [3.05, 3.63) is 82.6 Å². The van der Waals surface area contributed by atoms with Crippen LogP contribution in [0.15, 0.2) is 54.7 Å². The molecule has 1 fully saturated rings. The van der Waals surface area contributed by atoms with Crippen LogP contribution < -0.4 is 5.32 Å². The molecule has 0 saturated carbocycles. The fourth-order valence-corrected chi connectivity index (χ4v) is 3.65. The molecule has 2 aromatic carbocycles. The van der Waals surface area contributed by atoms with Crippen molar-refractivity contribution < 1.29 is 18.4 Å². The van der Waals surface area contributed by atoms with Gasteiger partial charge in [0.25, 0.3) is 5.91 Å². The predicted molar refractivity (Wildman–Crippen MR) is 101 cm³/mol. The maximum Gasteiger partial charge on any atom is 0.325 e. The Balaban J connectivity index is 1.60. The molecule has 6 nitrogen and oxygen atoms in total. The zero-order valence-electron chi connectivity index (χ0n) is 15.2. The molecule has 1 aliphatic rings. The summed E-state index contributed by atoms with van der Waals surface area (Å²) < 4.78 is 28.6. The van der Waals surface area contributed by atoms with E-state index in [0.717, 1.165) is 11.0 Å². The third-order valence-corrected chi connectivity index (χ3v) is 5.12. The van der Waals surface area contributed by atoms with Crippen LogP contribution in [0.3, 0.4) is 0 Å². The Kier molecular flexibility index (Phi) is 4.58. The molecule has 0 spiro atoms. The summed E-state index contributed by atoms with van der Waals surface area (Å²) in [7, 11) is 0. The Bertz CT molecular complexity index is 1130. The molecule has 0 radical (unpaired) electrons. The Morgan fingerprint density at radius 1 is 1.14 bits per heavy atom. The van der Waals surface area contributed by atoms with Crippen LogP contribution in [0.25, 0.3) is 5.69 Å². The SMILES string of the molecule is CC1(c2ccc(F)cc2Cl)NC(=O)N(Cc2ccn(-c3ccccc3F)n2)C1=O. The van der Waals surface area contributed by atoms with E-state index in [2.05, 4.69) is 10.4 Å². The van der Waals surface area contributed by atoms with E-state index in [0.29, 0.717) is 11.3 Å². The largest absolute Gasteiger partial charge is 0.325 e. The number of hydrogen-bond donors (Lipinski definition) is 1. The van der Waals surface area contributed by atoms with Gasteiger partial charge < -0.3 is 5.32 Å². The number of nitrogens with one attached hydrogen (secondary N) is 1. The number of halogens is 3. The minimum absolute atomic E-state index is 0.0341. The molecule has 9 heteroatoms. The second-order valence-electron chi connectivity index (χ2n) is 6.77. The van der Waals surface area contributed by atoms with Crippen LogP contribution in [0.5, 0.6) is 0 Å². The van der Waals surface area contributed by atoms with Gasteiger partial charge in [-0.2, -0.15) is 5.10 Å². The molecule has 4 rings (SSSR count). The number of para-hydroxylation sites is 1. The van der Waals surface area contributed by atoms with Gasteiger partial charge in [-0.15, -0.1) is 0 Å². The monoisotopic (exact) mass is 416 g/mol. The molecule has 0 aliphatic carbocycles. The van der Waals surface area contributed by atoms with Gasteiger partial charge in [-0.25, -0.2) is 18.3 Å². The number of benzene rings is 2. The molecule has 1 unspecified atom stereocenters. The van der Waals surface area contributed by atoms with Crippen molar-refractivity contribution in [2.24, 2.45) is 0 Å². The number of rotatable bonds is 4. The van der Waals surface area contributed by atoms with Gasteiger partial charge in [0.2, 0.25) is 0 Å². The molecule has 1 saturated heterocycles. The topological polar surface area (TPSA) is 67.2 Å². The third-order valence-electron chi connectivity index (χ3n) is 4.81. The Morgan fingerprint density at radius 3 is 2.62 bits per heavy atom. The highest BCUT2D eigenvalue weighted by molar-refractivity contribution is 6.32. The quantitative estimate of drug-likeness (QED) is 0.658. The van der Waals surface area contributed by atoms with Crippen LogP contribution in [0.4, 0.5) is 13.6 Å². The summed E-state index contributed by atoms with van der Waals surface area (Å²) in [4.78, 5) is 26.5. The van der Waals surface area contributed by atoms with E-state index < -0.39 is 29.1 Å². The van der Waals surface area contributed by atoms with Crippen LogP contribution in [-0.4, -0.2) is 26.6 Å². The lowest BCUT2D eigenvalue weighted by Crippen LogP contribution is -2.41. The summed E-state index contributed by atoms with van der Waals surface area (Å²) in [6, 6.07) is 10.7. The van der Waals surface area contributed by atoms with Gasteiger partial charge in [0.1, 0.15) is 22.9 Å². The predicted octanol–water partition coefficient (Wildman–Crippen LogP) is 3.77. The molecular weight excluding hydrogens is 402 g/mol. The highest BCUT2D eigenvalue weighted by Crippen LogP contribution is 2.34. The minimum atomic E-state index is -1.43. The van der Waals surface area contributed by atoms with Gasteiger partial charge >= 0.3 is 6.03 Å².